The minimum Gasteiger partial charge on any atom is -0.507 e. The molecule has 9 heteroatoms. The molecule has 0 bridgehead atoms. The number of carbonyl (C=O) groups excluding carboxylic acids is 2. The fourth-order valence-corrected chi connectivity index (χ4v) is 6.29. The Morgan fingerprint density at radius 2 is 1.73 bits per heavy atom. The molecule has 0 saturated carbocycles. The normalized spacial score (nSPS) is 16.1. The van der Waals surface area contributed by atoms with Gasteiger partial charge >= 0.3 is 5.91 Å². The summed E-state index contributed by atoms with van der Waals surface area (Å²) in [5, 5.41) is 12.0. The number of aryl methyl sites for hydroxylation is 1. The van der Waals surface area contributed by atoms with E-state index in [-0.39, 0.29) is 11.3 Å². The Balaban J connectivity index is 1.62. The van der Waals surface area contributed by atoms with Gasteiger partial charge in [-0.3, -0.25) is 14.5 Å². The molecule has 1 unspecified atom stereocenters. The Labute approximate surface area is 261 Å². The molecule has 5 rings (SSSR count). The maximum atomic E-state index is 13.8. The van der Waals surface area contributed by atoms with Gasteiger partial charge in [-0.15, -0.1) is 0 Å². The van der Waals surface area contributed by atoms with Crippen molar-refractivity contribution >= 4 is 44.1 Å². The van der Waals surface area contributed by atoms with E-state index in [0.29, 0.717) is 46.7 Å². The minimum absolute atomic E-state index is 0.0326. The first kappa shape index (κ1) is 31.1. The average molecular weight is 615 g/mol. The lowest BCUT2D eigenvalue weighted by molar-refractivity contribution is -0.132. The number of fused-ring (bicyclic) bond motifs is 1. The highest BCUT2D eigenvalue weighted by Gasteiger charge is 2.48. The number of benzene rings is 3. The summed E-state index contributed by atoms with van der Waals surface area (Å²) < 4.78 is 18.4. The third-order valence-corrected chi connectivity index (χ3v) is 8.58. The van der Waals surface area contributed by atoms with Crippen LogP contribution in [0, 0.1) is 6.92 Å². The number of aromatic nitrogens is 1. The number of Topliss-reactive ketones (excluding diaryl/α,β-unsaturated/α-hetero) is 1. The van der Waals surface area contributed by atoms with Crippen LogP contribution in [0.1, 0.15) is 68.7 Å². The van der Waals surface area contributed by atoms with Crippen molar-refractivity contribution in [2.45, 2.75) is 58.9 Å². The lowest BCUT2D eigenvalue weighted by atomic mass is 9.95. The Kier molecular flexibility index (Phi) is 9.85. The number of aliphatic hydroxyl groups is 1. The lowest BCUT2D eigenvalue weighted by Gasteiger charge is -2.24. The van der Waals surface area contributed by atoms with Gasteiger partial charge in [0.15, 0.2) is 16.6 Å². The zero-order valence-corrected chi connectivity index (χ0v) is 26.4. The van der Waals surface area contributed by atoms with Crippen LogP contribution in [0.5, 0.6) is 17.2 Å². The van der Waals surface area contributed by atoms with Crippen LogP contribution in [0.15, 0.2) is 66.2 Å². The highest BCUT2D eigenvalue weighted by atomic mass is 32.1. The molecule has 0 spiro atoms. The molecule has 8 nitrogen and oxygen atoms in total. The summed E-state index contributed by atoms with van der Waals surface area (Å²) in [6.07, 6.45) is 4.93. The van der Waals surface area contributed by atoms with Crippen LogP contribution >= 0.6 is 11.3 Å². The van der Waals surface area contributed by atoms with Crippen molar-refractivity contribution in [3.63, 3.8) is 0 Å². The molecular weight excluding hydrogens is 576 g/mol. The molecule has 230 valence electrons. The molecule has 1 aliphatic heterocycles. The summed E-state index contributed by atoms with van der Waals surface area (Å²) in [4.78, 5) is 33.6. The largest absolute Gasteiger partial charge is 0.507 e. The number of nitrogens with zero attached hydrogens (tertiary/aromatic N) is 2. The maximum Gasteiger partial charge on any atom is 0.301 e. The number of rotatable bonds is 13. The number of anilines is 1. The van der Waals surface area contributed by atoms with Crippen molar-refractivity contribution in [1.82, 2.24) is 4.98 Å². The SMILES string of the molecule is CCCCCOc1ccc(C2/C(=C(\O)c3cccc(OCCCC)c3)C(=O)C(=O)N2c2nc3ccc(C)cc3s2)cc1OC. The summed E-state index contributed by atoms with van der Waals surface area (Å²) in [7, 11) is 1.55. The molecule has 0 radical (unpaired) electrons. The predicted octanol–water partition coefficient (Wildman–Crippen LogP) is 7.99. The average Bonchev–Trinajstić information content (AvgIpc) is 3.56. The van der Waals surface area contributed by atoms with Crippen molar-refractivity contribution in [1.29, 1.82) is 0 Å². The second-order valence-electron chi connectivity index (χ2n) is 10.8. The van der Waals surface area contributed by atoms with E-state index in [1.54, 1.807) is 49.6 Å². The van der Waals surface area contributed by atoms with E-state index in [4.69, 9.17) is 19.2 Å². The summed E-state index contributed by atoms with van der Waals surface area (Å²) in [6.45, 7) is 7.29. The first-order valence-corrected chi connectivity index (χ1v) is 15.9. The zero-order chi connectivity index (χ0) is 31.2. The van der Waals surface area contributed by atoms with E-state index in [2.05, 4.69) is 13.8 Å². The molecule has 1 aliphatic rings. The number of ether oxygens (including phenoxy) is 3. The molecule has 1 saturated heterocycles. The number of unbranched alkanes of at least 4 members (excludes halogenated alkanes) is 3. The number of methoxy groups -OCH3 is 1. The van der Waals surface area contributed by atoms with Crippen molar-refractivity contribution in [3.8, 4) is 17.2 Å². The third kappa shape index (κ3) is 6.43. The second-order valence-corrected chi connectivity index (χ2v) is 11.8. The number of aliphatic hydroxyl groups excluding tert-OH is 1. The van der Waals surface area contributed by atoms with Crippen molar-refractivity contribution < 1.29 is 28.9 Å². The number of thiazole rings is 1. The van der Waals surface area contributed by atoms with E-state index in [9.17, 15) is 14.7 Å². The van der Waals surface area contributed by atoms with Crippen molar-refractivity contribution in [2.24, 2.45) is 0 Å². The van der Waals surface area contributed by atoms with E-state index in [1.165, 1.54) is 16.2 Å². The lowest BCUT2D eigenvalue weighted by Crippen LogP contribution is -2.29. The molecule has 4 aromatic rings. The van der Waals surface area contributed by atoms with Crippen LogP contribution in [0.2, 0.25) is 0 Å². The first-order chi connectivity index (χ1) is 21.4. The van der Waals surface area contributed by atoms with Crippen LogP contribution in [-0.2, 0) is 9.59 Å². The molecule has 1 fully saturated rings. The molecular formula is C35H38N2O6S. The predicted molar refractivity (Wildman–Crippen MR) is 174 cm³/mol. The number of carbonyl (C=O) groups is 2. The number of hydrogen-bond acceptors (Lipinski definition) is 8. The van der Waals surface area contributed by atoms with Gasteiger partial charge in [-0.05, 0) is 67.3 Å². The quantitative estimate of drug-likeness (QED) is 0.0705. The van der Waals surface area contributed by atoms with Gasteiger partial charge in [-0.1, -0.05) is 68.7 Å². The summed E-state index contributed by atoms with van der Waals surface area (Å²) in [6, 6.07) is 17.2. The topological polar surface area (TPSA) is 98.2 Å². The van der Waals surface area contributed by atoms with E-state index in [0.717, 1.165) is 47.9 Å². The summed E-state index contributed by atoms with van der Waals surface area (Å²) in [5.74, 6) is -0.234. The molecule has 0 aliphatic carbocycles. The van der Waals surface area contributed by atoms with Gasteiger partial charge < -0.3 is 19.3 Å². The minimum atomic E-state index is -0.954. The highest BCUT2D eigenvalue weighted by molar-refractivity contribution is 7.22. The Morgan fingerprint density at radius 1 is 0.932 bits per heavy atom. The van der Waals surface area contributed by atoms with Crippen LogP contribution < -0.4 is 19.1 Å². The number of ketones is 1. The molecule has 1 amide bonds. The van der Waals surface area contributed by atoms with Crippen molar-refractivity contribution in [3.05, 3.63) is 82.9 Å². The number of amides is 1. The Morgan fingerprint density at radius 3 is 2.50 bits per heavy atom. The first-order valence-electron chi connectivity index (χ1n) is 15.1. The van der Waals surface area contributed by atoms with E-state index >= 15 is 0 Å². The Hall–Kier alpha value is -4.37. The van der Waals surface area contributed by atoms with Crippen LogP contribution in [0.4, 0.5) is 5.13 Å². The fourth-order valence-electron chi connectivity index (χ4n) is 5.20. The molecule has 1 N–H and O–H groups in total. The summed E-state index contributed by atoms with van der Waals surface area (Å²) >= 11 is 1.33. The molecule has 1 atom stereocenters. The van der Waals surface area contributed by atoms with Gasteiger partial charge in [-0.2, -0.15) is 0 Å². The monoisotopic (exact) mass is 614 g/mol. The zero-order valence-electron chi connectivity index (χ0n) is 25.6. The third-order valence-electron chi connectivity index (χ3n) is 7.57. The molecule has 3 aromatic carbocycles. The Bertz CT molecular complexity index is 1690. The van der Waals surface area contributed by atoms with Gasteiger partial charge in [0.1, 0.15) is 11.5 Å². The van der Waals surface area contributed by atoms with Gasteiger partial charge in [0.2, 0.25) is 0 Å². The number of hydrogen-bond donors (Lipinski definition) is 1. The van der Waals surface area contributed by atoms with Gasteiger partial charge in [0.05, 0.1) is 42.2 Å². The highest BCUT2D eigenvalue weighted by Crippen LogP contribution is 2.46. The molecule has 44 heavy (non-hydrogen) atoms. The van der Waals surface area contributed by atoms with Crippen LogP contribution in [-0.4, -0.2) is 42.1 Å². The van der Waals surface area contributed by atoms with Crippen molar-refractivity contribution in [2.75, 3.05) is 25.2 Å². The standard InChI is InChI=1S/C35H38N2O6S/c1-5-7-9-18-43-27-16-14-23(21-28(27)41-4)31-30(32(38)24-11-10-12-25(20-24)42-17-8-6-2)33(39)34(40)37(31)35-36-26-15-13-22(3)19-29(26)44-35/h10-16,19-21,31,38H,5-9,17-18H2,1-4H3/b32-30+. The summed E-state index contributed by atoms with van der Waals surface area (Å²) in [5.41, 5.74) is 2.71. The fraction of sp³-hybridized carbons (Fsp3) is 0.343. The molecule has 1 aromatic heterocycles. The molecule has 2 heterocycles. The van der Waals surface area contributed by atoms with E-state index in [1.807, 2.05) is 25.1 Å². The van der Waals surface area contributed by atoms with Gasteiger partial charge in [-0.25, -0.2) is 4.98 Å². The van der Waals surface area contributed by atoms with Gasteiger partial charge in [0, 0.05) is 5.56 Å². The van der Waals surface area contributed by atoms with Crippen LogP contribution in [0.3, 0.4) is 0 Å². The van der Waals surface area contributed by atoms with Gasteiger partial charge in [0.25, 0.3) is 5.78 Å². The second kappa shape index (κ2) is 13.9. The van der Waals surface area contributed by atoms with E-state index < -0.39 is 17.7 Å². The smallest absolute Gasteiger partial charge is 0.301 e. The van der Waals surface area contributed by atoms with Crippen LogP contribution in [0.25, 0.3) is 16.0 Å². The maximum absolute atomic E-state index is 13.8.